The minimum absolute atomic E-state index is 0.0722. The predicted molar refractivity (Wildman–Crippen MR) is 134 cm³/mol. The molecule has 2 unspecified atom stereocenters. The summed E-state index contributed by atoms with van der Waals surface area (Å²) in [5.41, 5.74) is 4.18. The zero-order valence-electron chi connectivity index (χ0n) is 20.9. The van der Waals surface area contributed by atoms with Crippen molar-refractivity contribution in [3.8, 4) is 0 Å². The monoisotopic (exact) mass is 498 g/mol. The van der Waals surface area contributed by atoms with Crippen LogP contribution in [-0.2, 0) is 28.9 Å². The highest BCUT2D eigenvalue weighted by Crippen LogP contribution is 2.31. The Hall–Kier alpha value is -2.64. The molecule has 0 bridgehead atoms. The number of carbonyl (C=O) groups excluding carboxylic acids is 2. The van der Waals surface area contributed by atoms with Crippen LogP contribution in [0.25, 0.3) is 0 Å². The fraction of sp³-hybridized carbons (Fsp3) is 0.517. The zero-order chi connectivity index (χ0) is 25.7. The van der Waals surface area contributed by atoms with Crippen molar-refractivity contribution < 1.29 is 23.5 Å². The van der Waals surface area contributed by atoms with Gasteiger partial charge < -0.3 is 15.7 Å². The van der Waals surface area contributed by atoms with Crippen LogP contribution >= 0.6 is 0 Å². The number of rotatable bonds is 10. The Labute approximate surface area is 211 Å². The second-order valence-corrected chi connectivity index (χ2v) is 10.2. The molecule has 5 nitrogen and oxygen atoms in total. The van der Waals surface area contributed by atoms with Crippen molar-refractivity contribution in [2.75, 3.05) is 6.54 Å². The van der Waals surface area contributed by atoms with Crippen molar-refractivity contribution in [2.24, 2.45) is 5.92 Å². The molecule has 1 fully saturated rings. The van der Waals surface area contributed by atoms with Gasteiger partial charge in [-0.25, -0.2) is 8.78 Å². The number of carbonyl (C=O) groups is 2. The van der Waals surface area contributed by atoms with Crippen molar-refractivity contribution in [3.63, 3.8) is 0 Å². The second-order valence-electron chi connectivity index (χ2n) is 10.2. The van der Waals surface area contributed by atoms with E-state index in [1.165, 1.54) is 28.8 Å². The van der Waals surface area contributed by atoms with Crippen LogP contribution in [0.5, 0.6) is 0 Å². The number of nitrogens with one attached hydrogen (secondary N) is 2. The summed E-state index contributed by atoms with van der Waals surface area (Å²) in [6, 6.07) is 9.14. The zero-order valence-corrected chi connectivity index (χ0v) is 20.9. The number of benzene rings is 2. The highest BCUT2D eigenvalue weighted by atomic mass is 19.1. The molecule has 2 aliphatic rings. The Morgan fingerprint density at radius 1 is 1.06 bits per heavy atom. The average molecular weight is 499 g/mol. The summed E-state index contributed by atoms with van der Waals surface area (Å²) in [6.45, 7) is 2.34. The lowest BCUT2D eigenvalue weighted by molar-refractivity contribution is -0.128. The van der Waals surface area contributed by atoms with Gasteiger partial charge in [-0.05, 0) is 79.3 Å². The molecule has 36 heavy (non-hydrogen) atoms. The number of aliphatic hydroxyl groups is 1. The van der Waals surface area contributed by atoms with Crippen molar-refractivity contribution in [1.82, 2.24) is 10.6 Å². The predicted octanol–water partition coefficient (Wildman–Crippen LogP) is 4.34. The Morgan fingerprint density at radius 3 is 2.50 bits per heavy atom. The average Bonchev–Trinajstić information content (AvgIpc) is 3.25. The third-order valence-electron chi connectivity index (χ3n) is 7.56. The van der Waals surface area contributed by atoms with Gasteiger partial charge in [-0.3, -0.25) is 9.59 Å². The minimum Gasteiger partial charge on any atom is -0.390 e. The number of ketones is 1. The van der Waals surface area contributed by atoms with E-state index in [2.05, 4.69) is 35.8 Å². The van der Waals surface area contributed by atoms with E-state index in [0.29, 0.717) is 18.4 Å². The number of aryl methyl sites for hydroxylation is 2. The second kappa shape index (κ2) is 12.1. The molecule has 0 aromatic heterocycles. The summed E-state index contributed by atoms with van der Waals surface area (Å²) in [5.74, 6) is -1.93. The standard InChI is InChI=1S/C29H36F2N2O3/c1-2-18-9-10-20-5-3-7-25(24(20)13-18)32-17-28(35)26(14-19-11-22(30)16-23(31)12-19)33-29(36)15-21-6-4-8-27(21)34/h9-13,16,21,25-26,28,32,35H,2-8,14-15,17H2,1H3,(H,33,36)/t21?,25?,26-,28+/m0/s1. The Morgan fingerprint density at radius 2 is 1.81 bits per heavy atom. The summed E-state index contributed by atoms with van der Waals surface area (Å²) < 4.78 is 27.6. The number of hydrogen-bond acceptors (Lipinski definition) is 4. The number of fused-ring (bicyclic) bond motifs is 1. The topological polar surface area (TPSA) is 78.4 Å². The molecular formula is C29H36F2N2O3. The van der Waals surface area contributed by atoms with E-state index in [1.54, 1.807) is 0 Å². The molecule has 4 rings (SSSR count). The van der Waals surface area contributed by atoms with Gasteiger partial charge in [0.05, 0.1) is 12.1 Å². The van der Waals surface area contributed by atoms with Crippen LogP contribution in [0, 0.1) is 17.6 Å². The number of hydrogen-bond donors (Lipinski definition) is 3. The van der Waals surface area contributed by atoms with E-state index in [0.717, 1.165) is 38.2 Å². The summed E-state index contributed by atoms with van der Waals surface area (Å²) >= 11 is 0. The third-order valence-corrected chi connectivity index (χ3v) is 7.56. The first-order valence-corrected chi connectivity index (χ1v) is 13.1. The molecule has 7 heteroatoms. The van der Waals surface area contributed by atoms with E-state index in [4.69, 9.17) is 0 Å². The van der Waals surface area contributed by atoms with E-state index < -0.39 is 23.8 Å². The lowest BCUT2D eigenvalue weighted by atomic mass is 9.86. The maximum atomic E-state index is 13.8. The highest BCUT2D eigenvalue weighted by Gasteiger charge is 2.30. The summed E-state index contributed by atoms with van der Waals surface area (Å²) in [6.07, 6.45) is 5.11. The summed E-state index contributed by atoms with van der Waals surface area (Å²) in [5, 5.41) is 17.4. The molecule has 0 saturated heterocycles. The van der Waals surface area contributed by atoms with Gasteiger partial charge in [0.15, 0.2) is 0 Å². The van der Waals surface area contributed by atoms with Gasteiger partial charge in [0.1, 0.15) is 17.4 Å². The van der Waals surface area contributed by atoms with E-state index in [-0.39, 0.29) is 43.0 Å². The fourth-order valence-electron chi connectivity index (χ4n) is 5.54. The van der Waals surface area contributed by atoms with Crippen molar-refractivity contribution in [1.29, 1.82) is 0 Å². The Bertz CT molecular complexity index is 1070. The molecule has 1 amide bonds. The van der Waals surface area contributed by atoms with Gasteiger partial charge in [-0.15, -0.1) is 0 Å². The normalized spacial score (nSPS) is 21.2. The molecule has 2 aromatic rings. The van der Waals surface area contributed by atoms with Gasteiger partial charge in [0.2, 0.25) is 5.91 Å². The molecular weight excluding hydrogens is 462 g/mol. The van der Waals surface area contributed by atoms with Crippen molar-refractivity contribution >= 4 is 11.7 Å². The van der Waals surface area contributed by atoms with Crippen LogP contribution in [0.1, 0.15) is 73.7 Å². The van der Waals surface area contributed by atoms with Crippen LogP contribution in [0.2, 0.25) is 0 Å². The lowest BCUT2D eigenvalue weighted by Gasteiger charge is -2.30. The fourth-order valence-corrected chi connectivity index (χ4v) is 5.54. The van der Waals surface area contributed by atoms with Gasteiger partial charge in [-0.1, -0.05) is 25.1 Å². The summed E-state index contributed by atoms with van der Waals surface area (Å²) in [7, 11) is 0. The lowest BCUT2D eigenvalue weighted by Crippen LogP contribution is -2.49. The van der Waals surface area contributed by atoms with Crippen LogP contribution in [0.15, 0.2) is 36.4 Å². The quantitative estimate of drug-likeness (QED) is 0.455. The maximum Gasteiger partial charge on any atom is 0.221 e. The van der Waals surface area contributed by atoms with Crippen LogP contribution in [0.4, 0.5) is 8.78 Å². The van der Waals surface area contributed by atoms with Crippen molar-refractivity contribution in [3.05, 3.63) is 70.3 Å². The van der Waals surface area contributed by atoms with Gasteiger partial charge in [-0.2, -0.15) is 0 Å². The molecule has 4 atom stereocenters. The van der Waals surface area contributed by atoms with Gasteiger partial charge in [0.25, 0.3) is 0 Å². The molecule has 0 radical (unpaired) electrons. The minimum atomic E-state index is -0.987. The van der Waals surface area contributed by atoms with E-state index in [1.807, 2.05) is 0 Å². The molecule has 0 spiro atoms. The highest BCUT2D eigenvalue weighted by molar-refractivity contribution is 5.88. The Balaban J connectivity index is 1.45. The molecule has 2 aromatic carbocycles. The third kappa shape index (κ3) is 6.77. The number of amides is 1. The molecule has 194 valence electrons. The first-order chi connectivity index (χ1) is 17.3. The molecule has 3 N–H and O–H groups in total. The van der Waals surface area contributed by atoms with Crippen LogP contribution in [0.3, 0.4) is 0 Å². The number of Topliss-reactive ketones (excluding diaryl/α,β-unsaturated/α-hetero) is 1. The first-order valence-electron chi connectivity index (χ1n) is 13.1. The molecule has 1 saturated carbocycles. The maximum absolute atomic E-state index is 13.8. The van der Waals surface area contributed by atoms with Gasteiger partial charge in [0, 0.05) is 37.4 Å². The Kier molecular flexibility index (Phi) is 8.86. The first kappa shape index (κ1) is 26.4. The van der Waals surface area contributed by atoms with E-state index >= 15 is 0 Å². The molecule has 2 aliphatic carbocycles. The summed E-state index contributed by atoms with van der Waals surface area (Å²) in [4.78, 5) is 24.8. The van der Waals surface area contributed by atoms with Crippen LogP contribution < -0.4 is 10.6 Å². The SMILES string of the molecule is CCc1ccc2c(c1)C(NC[C@@H](O)[C@H](Cc1cc(F)cc(F)c1)NC(=O)CC1CCCC1=O)CCC2. The largest absolute Gasteiger partial charge is 0.390 e. The number of aliphatic hydroxyl groups excluding tert-OH is 1. The van der Waals surface area contributed by atoms with Gasteiger partial charge >= 0.3 is 0 Å². The smallest absolute Gasteiger partial charge is 0.221 e. The van der Waals surface area contributed by atoms with E-state index in [9.17, 15) is 23.5 Å². The number of halogens is 2. The molecule has 0 aliphatic heterocycles. The van der Waals surface area contributed by atoms with Crippen LogP contribution in [-0.4, -0.2) is 35.5 Å². The van der Waals surface area contributed by atoms with Crippen molar-refractivity contribution in [2.45, 2.75) is 82.9 Å². The molecule has 0 heterocycles.